The largest absolute Gasteiger partial charge is 0.294 e. The predicted molar refractivity (Wildman–Crippen MR) is 87.2 cm³/mol. The molecule has 1 heterocycles. The Balaban J connectivity index is 2.62. The van der Waals surface area contributed by atoms with Crippen LogP contribution >= 0.6 is 12.0 Å². The lowest BCUT2D eigenvalue weighted by Gasteiger charge is -2.11. The summed E-state index contributed by atoms with van der Waals surface area (Å²) in [5.41, 5.74) is 0.561. The summed E-state index contributed by atoms with van der Waals surface area (Å²) in [7, 11) is -8.19. The van der Waals surface area contributed by atoms with E-state index in [1.165, 1.54) is 12.1 Å². The Morgan fingerprint density at radius 1 is 1.20 bits per heavy atom. The van der Waals surface area contributed by atoms with Crippen molar-refractivity contribution < 1.29 is 36.0 Å². The summed E-state index contributed by atoms with van der Waals surface area (Å²) in [5.74, 6) is 0.0581. The van der Waals surface area contributed by atoms with Gasteiger partial charge in [0.2, 0.25) is 10.0 Å². The summed E-state index contributed by atoms with van der Waals surface area (Å²) in [6.45, 7) is 1.61. The normalized spacial score (nSPS) is 12.3. The van der Waals surface area contributed by atoms with E-state index in [0.717, 1.165) is 23.1 Å². The first-order chi connectivity index (χ1) is 11.5. The van der Waals surface area contributed by atoms with Gasteiger partial charge in [-0.25, -0.2) is 18.4 Å². The molecule has 0 aliphatic rings. The van der Waals surface area contributed by atoms with Crippen molar-refractivity contribution in [3.63, 3.8) is 0 Å². The molecule has 0 bridgehead atoms. The van der Waals surface area contributed by atoms with Crippen molar-refractivity contribution in [1.29, 1.82) is 0 Å². The highest BCUT2D eigenvalue weighted by Crippen LogP contribution is 2.28. The maximum atomic E-state index is 11.5. The third-order valence-corrected chi connectivity index (χ3v) is 4.66. The highest BCUT2D eigenvalue weighted by Gasteiger charge is 2.17. The number of sulfonamides is 1. The van der Waals surface area contributed by atoms with Gasteiger partial charge in [0, 0.05) is 11.0 Å². The standard InChI is InChI=1S/C11H13N3O8S3/c1-7-3-11(13-24(2,16)17)14(12-7)8-4-9(23-22-21-15)6-10(5-8)25(18,19)20/h3-6,13,15H,1-2H3,(H,18,19,20). The number of rotatable bonds is 7. The van der Waals surface area contributed by atoms with E-state index < -0.39 is 25.0 Å². The Bertz CT molecular complexity index is 984. The van der Waals surface area contributed by atoms with Crippen molar-refractivity contribution in [3.05, 3.63) is 30.0 Å². The lowest BCUT2D eigenvalue weighted by molar-refractivity contribution is -0.432. The highest BCUT2D eigenvalue weighted by molar-refractivity contribution is 7.94. The number of aromatic nitrogens is 2. The quantitative estimate of drug-likeness (QED) is 0.262. The molecular weight excluding hydrogens is 398 g/mol. The van der Waals surface area contributed by atoms with Crippen LogP contribution in [-0.2, 0) is 29.5 Å². The molecule has 14 heteroatoms. The van der Waals surface area contributed by atoms with Gasteiger partial charge in [0.25, 0.3) is 10.1 Å². The van der Waals surface area contributed by atoms with Gasteiger partial charge in [-0.1, -0.05) is 5.04 Å². The van der Waals surface area contributed by atoms with Crippen LogP contribution in [-0.4, -0.2) is 42.7 Å². The van der Waals surface area contributed by atoms with Crippen molar-refractivity contribution in [3.8, 4) is 5.69 Å². The first-order valence-electron chi connectivity index (χ1n) is 6.32. The Hall–Kier alpha value is -1.68. The van der Waals surface area contributed by atoms with Gasteiger partial charge in [-0.2, -0.15) is 13.5 Å². The zero-order chi connectivity index (χ0) is 18.8. The van der Waals surface area contributed by atoms with E-state index in [1.807, 2.05) is 0 Å². The van der Waals surface area contributed by atoms with Crippen LogP contribution in [0.5, 0.6) is 0 Å². The average Bonchev–Trinajstić information content (AvgIpc) is 2.82. The summed E-state index contributed by atoms with van der Waals surface area (Å²) in [6.07, 6.45) is 0.946. The molecule has 0 radical (unpaired) electrons. The van der Waals surface area contributed by atoms with E-state index in [1.54, 1.807) is 6.92 Å². The van der Waals surface area contributed by atoms with E-state index in [4.69, 9.17) is 5.26 Å². The van der Waals surface area contributed by atoms with E-state index in [9.17, 15) is 21.4 Å². The molecule has 138 valence electrons. The van der Waals surface area contributed by atoms with Crippen LogP contribution in [0.3, 0.4) is 0 Å². The lowest BCUT2D eigenvalue weighted by atomic mass is 10.3. The summed E-state index contributed by atoms with van der Waals surface area (Å²) in [6, 6.07) is 4.95. The fourth-order valence-electron chi connectivity index (χ4n) is 1.89. The van der Waals surface area contributed by atoms with Crippen molar-refractivity contribution in [2.45, 2.75) is 16.7 Å². The van der Waals surface area contributed by atoms with Crippen molar-refractivity contribution >= 4 is 38.0 Å². The lowest BCUT2D eigenvalue weighted by Crippen LogP contribution is -2.13. The zero-order valence-corrected chi connectivity index (χ0v) is 15.2. The summed E-state index contributed by atoms with van der Waals surface area (Å²) >= 11 is 0.458. The molecule has 2 rings (SSSR count). The molecule has 0 saturated carbocycles. The van der Waals surface area contributed by atoms with Crippen LogP contribution < -0.4 is 4.72 Å². The molecule has 1 aromatic carbocycles. The minimum absolute atomic E-state index is 0.0581. The van der Waals surface area contributed by atoms with Gasteiger partial charge in [0.05, 0.1) is 34.6 Å². The number of hydrogen-bond donors (Lipinski definition) is 3. The Kier molecular flexibility index (Phi) is 5.72. The van der Waals surface area contributed by atoms with Gasteiger partial charge in [0.1, 0.15) is 5.82 Å². The predicted octanol–water partition coefficient (Wildman–Crippen LogP) is 1.23. The van der Waals surface area contributed by atoms with Crippen LogP contribution in [0, 0.1) is 6.92 Å². The minimum atomic E-state index is -4.57. The van der Waals surface area contributed by atoms with Gasteiger partial charge >= 0.3 is 0 Å². The minimum Gasteiger partial charge on any atom is -0.282 e. The molecular formula is C11H13N3O8S3. The Labute approximate surface area is 147 Å². The smallest absolute Gasteiger partial charge is 0.282 e. The van der Waals surface area contributed by atoms with Crippen LogP contribution in [0.2, 0.25) is 0 Å². The van der Waals surface area contributed by atoms with Crippen LogP contribution in [0.1, 0.15) is 5.69 Å². The summed E-state index contributed by atoms with van der Waals surface area (Å²) in [5, 5.41) is 15.8. The van der Waals surface area contributed by atoms with Crippen LogP contribution in [0.25, 0.3) is 5.69 Å². The molecule has 2 aromatic rings. The Morgan fingerprint density at radius 3 is 2.44 bits per heavy atom. The fraction of sp³-hybridized carbons (Fsp3) is 0.182. The number of aryl methyl sites for hydroxylation is 1. The third-order valence-electron chi connectivity index (χ3n) is 2.69. The van der Waals surface area contributed by atoms with Gasteiger partial charge in [-0.3, -0.25) is 9.27 Å². The topological polar surface area (TPSA) is 157 Å². The summed E-state index contributed by atoms with van der Waals surface area (Å²) in [4.78, 5) is -0.370. The van der Waals surface area contributed by atoms with E-state index in [0.29, 0.717) is 17.7 Å². The van der Waals surface area contributed by atoms with Crippen molar-refractivity contribution in [1.82, 2.24) is 9.78 Å². The number of benzene rings is 1. The molecule has 0 saturated heterocycles. The number of hydrogen-bond acceptors (Lipinski definition) is 9. The second-order valence-corrected chi connectivity index (χ2v) is 8.76. The molecule has 3 N–H and O–H groups in total. The molecule has 0 amide bonds. The molecule has 11 nitrogen and oxygen atoms in total. The molecule has 0 unspecified atom stereocenters. The number of nitrogens with zero attached hydrogens (tertiary/aromatic N) is 2. The average molecular weight is 411 g/mol. The van der Waals surface area contributed by atoms with E-state index >= 15 is 0 Å². The molecule has 0 aliphatic carbocycles. The van der Waals surface area contributed by atoms with Gasteiger partial charge in [-0.15, -0.1) is 4.33 Å². The van der Waals surface area contributed by atoms with Crippen LogP contribution in [0.15, 0.2) is 34.1 Å². The van der Waals surface area contributed by atoms with Crippen LogP contribution in [0.4, 0.5) is 5.82 Å². The first-order valence-corrected chi connectivity index (χ1v) is 10.4. The SMILES string of the molecule is Cc1cc(NS(C)(=O)=O)n(-c2cc(SOOO)cc(S(=O)(=O)O)c2)n1. The van der Waals surface area contributed by atoms with Gasteiger partial charge < -0.3 is 0 Å². The van der Waals surface area contributed by atoms with E-state index in [-0.39, 0.29) is 16.4 Å². The molecule has 25 heavy (non-hydrogen) atoms. The molecule has 0 aliphatic heterocycles. The fourth-order valence-corrected chi connectivity index (χ4v) is 3.49. The number of nitrogens with one attached hydrogen (secondary N) is 1. The maximum Gasteiger partial charge on any atom is 0.294 e. The molecule has 0 atom stereocenters. The first kappa shape index (κ1) is 19.6. The van der Waals surface area contributed by atoms with Gasteiger partial charge in [-0.05, 0) is 25.1 Å². The number of anilines is 1. The second kappa shape index (κ2) is 7.28. The summed E-state index contributed by atoms with van der Waals surface area (Å²) < 4.78 is 62.7. The van der Waals surface area contributed by atoms with Gasteiger partial charge in [0.15, 0.2) is 0 Å². The third kappa shape index (κ3) is 5.40. The molecule has 1 aromatic heterocycles. The van der Waals surface area contributed by atoms with Crippen molar-refractivity contribution in [2.24, 2.45) is 0 Å². The van der Waals surface area contributed by atoms with E-state index in [2.05, 4.69) is 19.2 Å². The highest BCUT2D eigenvalue weighted by atomic mass is 32.2. The molecule has 0 fully saturated rings. The monoisotopic (exact) mass is 411 g/mol. The second-order valence-electron chi connectivity index (χ2n) is 4.82. The molecule has 0 spiro atoms. The zero-order valence-electron chi connectivity index (χ0n) is 12.8. The Morgan fingerprint density at radius 2 is 1.88 bits per heavy atom. The maximum absolute atomic E-state index is 11.5. The van der Waals surface area contributed by atoms with Crippen molar-refractivity contribution in [2.75, 3.05) is 11.0 Å².